The highest BCUT2D eigenvalue weighted by Gasteiger charge is 2.79. The maximum Gasteiger partial charge on any atom is 0.419 e. The predicted molar refractivity (Wildman–Crippen MR) is 134 cm³/mol. The molecule has 0 radical (unpaired) electrons. The first-order valence-electron chi connectivity index (χ1n) is 12.9. The monoisotopic (exact) mass is 526 g/mol. The number of hydrogen-bond donors (Lipinski definition) is 0. The second kappa shape index (κ2) is 9.89. The van der Waals surface area contributed by atoms with Crippen molar-refractivity contribution in [3.63, 3.8) is 0 Å². The van der Waals surface area contributed by atoms with Crippen molar-refractivity contribution < 1.29 is 38.2 Å². The van der Waals surface area contributed by atoms with Gasteiger partial charge in [0.25, 0.3) is 5.91 Å². The van der Waals surface area contributed by atoms with Crippen molar-refractivity contribution in [1.29, 1.82) is 0 Å². The van der Waals surface area contributed by atoms with Crippen LogP contribution in [-0.2, 0) is 35.1 Å². The number of benzene rings is 1. The lowest BCUT2D eigenvalue weighted by molar-refractivity contribution is -0.168. The van der Waals surface area contributed by atoms with Gasteiger partial charge in [-0.3, -0.25) is 14.5 Å². The van der Waals surface area contributed by atoms with Crippen molar-refractivity contribution in [3.05, 3.63) is 47.5 Å². The first-order valence-corrected chi connectivity index (χ1v) is 12.9. The summed E-state index contributed by atoms with van der Waals surface area (Å²) in [6.45, 7) is 8.30. The van der Waals surface area contributed by atoms with E-state index in [-0.39, 0.29) is 44.6 Å². The molecule has 1 spiro atoms. The lowest BCUT2D eigenvalue weighted by Crippen LogP contribution is -2.64. The van der Waals surface area contributed by atoms with E-state index >= 15 is 0 Å². The highest BCUT2D eigenvalue weighted by atomic mass is 16.6. The van der Waals surface area contributed by atoms with Crippen molar-refractivity contribution in [2.45, 2.75) is 71.6 Å². The number of amides is 4. The number of carbonyl (C=O) groups is 5. The normalized spacial score (nSPS) is 26.4. The molecule has 38 heavy (non-hydrogen) atoms. The number of nitrogens with zero attached hydrogens (tertiary/aromatic N) is 2. The van der Waals surface area contributed by atoms with E-state index in [2.05, 4.69) is 0 Å². The van der Waals surface area contributed by atoms with Gasteiger partial charge in [-0.15, -0.1) is 0 Å². The molecule has 2 fully saturated rings. The first kappa shape index (κ1) is 27.3. The molecular weight excluding hydrogens is 492 g/mol. The van der Waals surface area contributed by atoms with E-state index in [1.807, 2.05) is 6.07 Å². The molecule has 10 nitrogen and oxygen atoms in total. The number of imide groups is 2. The SMILES string of the molecule is CCOC(=O)C1=CC[C@@]2(C(=O)OCC)[C@@H]1CC[C@@]21C(=O)N(Cc2ccccc2)C(=O)N1C(=O)OC(C)(C)C. The third-order valence-corrected chi connectivity index (χ3v) is 7.46. The van der Waals surface area contributed by atoms with E-state index in [4.69, 9.17) is 14.2 Å². The molecule has 1 heterocycles. The number of rotatable bonds is 6. The van der Waals surface area contributed by atoms with Crippen LogP contribution in [0.3, 0.4) is 0 Å². The fourth-order valence-electron chi connectivity index (χ4n) is 6.10. The summed E-state index contributed by atoms with van der Waals surface area (Å²) in [6, 6.07) is 8.02. The Bertz CT molecular complexity index is 1190. The standard InChI is InChI=1S/C28H34N2O8/c1-6-36-21(31)19-13-15-27(23(33)37-7-2)20(19)14-16-28(27)22(32)29(17-18-11-9-8-10-12-18)24(34)30(28)25(35)38-26(3,4)5/h8-13,20H,6-7,14-17H2,1-5H3/t20-,27+,28-/m1/s1. The summed E-state index contributed by atoms with van der Waals surface area (Å²) in [4.78, 5) is 70.4. The number of urea groups is 1. The maximum atomic E-state index is 14.4. The average Bonchev–Trinajstić information content (AvgIpc) is 3.45. The summed E-state index contributed by atoms with van der Waals surface area (Å²) in [5, 5.41) is 0. The minimum atomic E-state index is -1.93. The van der Waals surface area contributed by atoms with Gasteiger partial charge in [-0.1, -0.05) is 36.4 Å². The highest BCUT2D eigenvalue weighted by molar-refractivity contribution is 6.16. The smallest absolute Gasteiger partial charge is 0.419 e. The molecule has 0 unspecified atom stereocenters. The molecule has 1 aromatic rings. The quantitative estimate of drug-likeness (QED) is 0.310. The number of carbonyl (C=O) groups excluding carboxylic acids is 5. The van der Waals surface area contributed by atoms with E-state index in [1.54, 1.807) is 65.0 Å². The molecule has 0 N–H and O–H groups in total. The van der Waals surface area contributed by atoms with Gasteiger partial charge < -0.3 is 14.2 Å². The number of esters is 2. The van der Waals surface area contributed by atoms with Crippen molar-refractivity contribution in [2.24, 2.45) is 11.3 Å². The van der Waals surface area contributed by atoms with Crippen LogP contribution in [0, 0.1) is 11.3 Å². The number of fused-ring (bicyclic) bond motifs is 2. The molecule has 2 aliphatic carbocycles. The number of allylic oxidation sites excluding steroid dienone is 1. The molecule has 1 saturated heterocycles. The molecule has 1 aromatic carbocycles. The Labute approximate surface area is 221 Å². The van der Waals surface area contributed by atoms with Crippen LogP contribution in [0.5, 0.6) is 0 Å². The summed E-state index contributed by atoms with van der Waals surface area (Å²) in [6.07, 6.45) is 0.650. The molecule has 3 aliphatic rings. The van der Waals surface area contributed by atoms with Gasteiger partial charge in [0.2, 0.25) is 0 Å². The van der Waals surface area contributed by atoms with E-state index in [0.29, 0.717) is 5.56 Å². The number of ether oxygens (including phenoxy) is 3. The van der Waals surface area contributed by atoms with Crippen LogP contribution < -0.4 is 0 Å². The van der Waals surface area contributed by atoms with Crippen molar-refractivity contribution in [2.75, 3.05) is 13.2 Å². The summed E-state index contributed by atoms with van der Waals surface area (Å²) in [5.41, 5.74) is -3.68. The predicted octanol–water partition coefficient (Wildman–Crippen LogP) is 3.98. The van der Waals surface area contributed by atoms with Crippen LogP contribution in [0.15, 0.2) is 42.0 Å². The van der Waals surface area contributed by atoms with Gasteiger partial charge in [0, 0.05) is 11.5 Å². The van der Waals surface area contributed by atoms with Crippen LogP contribution >= 0.6 is 0 Å². The van der Waals surface area contributed by atoms with Gasteiger partial charge in [-0.05, 0) is 59.4 Å². The van der Waals surface area contributed by atoms with Gasteiger partial charge >= 0.3 is 24.1 Å². The van der Waals surface area contributed by atoms with Gasteiger partial charge in [0.05, 0.1) is 19.8 Å². The molecule has 1 aliphatic heterocycles. The molecule has 4 rings (SSSR count). The van der Waals surface area contributed by atoms with Crippen molar-refractivity contribution in [3.8, 4) is 0 Å². The minimum absolute atomic E-state index is 0.0143. The topological polar surface area (TPSA) is 120 Å². The molecule has 0 aromatic heterocycles. The Morgan fingerprint density at radius 1 is 1.03 bits per heavy atom. The van der Waals surface area contributed by atoms with Crippen LogP contribution in [-0.4, -0.2) is 64.1 Å². The second-order valence-corrected chi connectivity index (χ2v) is 10.7. The van der Waals surface area contributed by atoms with Crippen LogP contribution in [0.1, 0.15) is 59.4 Å². The summed E-state index contributed by atoms with van der Waals surface area (Å²) < 4.78 is 16.3. The molecule has 204 valence electrons. The minimum Gasteiger partial charge on any atom is -0.465 e. The molecule has 1 saturated carbocycles. The summed E-state index contributed by atoms with van der Waals surface area (Å²) in [5.74, 6) is -2.80. The molecule has 3 atom stereocenters. The van der Waals surface area contributed by atoms with Crippen molar-refractivity contribution in [1.82, 2.24) is 9.80 Å². The number of hydrogen-bond acceptors (Lipinski definition) is 8. The van der Waals surface area contributed by atoms with Gasteiger partial charge in [-0.2, -0.15) is 0 Å². The van der Waals surface area contributed by atoms with E-state index < -0.39 is 52.4 Å². The molecule has 10 heteroatoms. The molecule has 0 bridgehead atoms. The third kappa shape index (κ3) is 4.06. The fourth-order valence-corrected chi connectivity index (χ4v) is 6.10. The van der Waals surface area contributed by atoms with Crippen LogP contribution in [0.2, 0.25) is 0 Å². The average molecular weight is 527 g/mol. The fraction of sp³-hybridized carbons (Fsp3) is 0.536. The Hall–Kier alpha value is -3.69. The Morgan fingerprint density at radius 3 is 2.29 bits per heavy atom. The lowest BCUT2D eigenvalue weighted by atomic mass is 9.66. The lowest BCUT2D eigenvalue weighted by Gasteiger charge is -2.43. The second-order valence-electron chi connectivity index (χ2n) is 10.7. The Kier molecular flexibility index (Phi) is 7.11. The van der Waals surface area contributed by atoms with E-state index in [0.717, 1.165) is 9.80 Å². The van der Waals surface area contributed by atoms with Gasteiger partial charge in [0.15, 0.2) is 5.54 Å². The van der Waals surface area contributed by atoms with Gasteiger partial charge in [0.1, 0.15) is 11.0 Å². The summed E-state index contributed by atoms with van der Waals surface area (Å²) >= 11 is 0. The van der Waals surface area contributed by atoms with E-state index in [9.17, 15) is 24.0 Å². The Balaban J connectivity index is 1.88. The van der Waals surface area contributed by atoms with Crippen LogP contribution in [0.25, 0.3) is 0 Å². The third-order valence-electron chi connectivity index (χ3n) is 7.46. The first-order chi connectivity index (χ1) is 17.9. The zero-order valence-electron chi connectivity index (χ0n) is 22.4. The van der Waals surface area contributed by atoms with Crippen LogP contribution in [0.4, 0.5) is 9.59 Å². The summed E-state index contributed by atoms with van der Waals surface area (Å²) in [7, 11) is 0. The molecule has 4 amide bonds. The maximum absolute atomic E-state index is 14.4. The Morgan fingerprint density at radius 2 is 1.68 bits per heavy atom. The zero-order chi connectivity index (χ0) is 27.9. The highest BCUT2D eigenvalue weighted by Crippen LogP contribution is 2.64. The van der Waals surface area contributed by atoms with Crippen molar-refractivity contribution >= 4 is 30.0 Å². The zero-order valence-corrected chi connectivity index (χ0v) is 22.4. The van der Waals surface area contributed by atoms with E-state index in [1.165, 1.54) is 0 Å². The van der Waals surface area contributed by atoms with Gasteiger partial charge in [-0.25, -0.2) is 19.3 Å². The largest absolute Gasteiger partial charge is 0.465 e. The molecular formula is C28H34N2O8.